The molecule has 0 saturated carbocycles. The summed E-state index contributed by atoms with van der Waals surface area (Å²) >= 11 is 0. The summed E-state index contributed by atoms with van der Waals surface area (Å²) in [5.41, 5.74) is 9.53. The number of furan rings is 1. The minimum atomic E-state index is 0.597. The van der Waals surface area contributed by atoms with Gasteiger partial charge < -0.3 is 8.82 Å². The molecule has 0 amide bonds. The van der Waals surface area contributed by atoms with Crippen molar-refractivity contribution in [3.63, 3.8) is 0 Å². The molecule has 4 aromatic heterocycles. The van der Waals surface area contributed by atoms with Crippen LogP contribution in [0.5, 0.6) is 0 Å². The smallest absolute Gasteiger partial charge is 0.164 e. The highest BCUT2D eigenvalue weighted by Crippen LogP contribution is 2.36. The molecule has 0 saturated heterocycles. The maximum absolute atomic E-state index is 6.38. The molecule has 0 aliphatic rings. The molecule has 0 aliphatic heterocycles. The van der Waals surface area contributed by atoms with Crippen molar-refractivity contribution in [2.24, 2.45) is 0 Å². The van der Waals surface area contributed by atoms with Gasteiger partial charge in [0.1, 0.15) is 16.8 Å². The van der Waals surface area contributed by atoms with E-state index in [4.69, 9.17) is 24.4 Å². The number of nitrogens with zero attached hydrogens (tertiary/aromatic N) is 5. The zero-order chi connectivity index (χ0) is 30.5. The van der Waals surface area contributed by atoms with Gasteiger partial charge in [-0.1, -0.05) is 97.1 Å². The van der Waals surface area contributed by atoms with Gasteiger partial charge in [0.2, 0.25) is 0 Å². The van der Waals surface area contributed by atoms with Crippen molar-refractivity contribution >= 4 is 27.6 Å². The van der Waals surface area contributed by atoms with Crippen LogP contribution in [0.4, 0.5) is 0 Å². The second-order valence-corrected chi connectivity index (χ2v) is 11.2. The third kappa shape index (κ3) is 4.60. The predicted molar refractivity (Wildman–Crippen MR) is 183 cm³/mol. The number of fused-ring (bicyclic) bond motifs is 4. The van der Waals surface area contributed by atoms with E-state index >= 15 is 0 Å². The molecule has 0 atom stereocenters. The number of hydrogen-bond acceptors (Lipinski definition) is 5. The Morgan fingerprint density at radius 3 is 1.78 bits per heavy atom. The quantitative estimate of drug-likeness (QED) is 0.199. The molecule has 4 heterocycles. The average Bonchev–Trinajstić information content (AvgIpc) is 3.73. The molecule has 6 heteroatoms. The number of aromatic nitrogens is 5. The summed E-state index contributed by atoms with van der Waals surface area (Å²) in [4.78, 5) is 19.4. The predicted octanol–water partition coefficient (Wildman–Crippen LogP) is 9.75. The number of benzene rings is 5. The Labute approximate surface area is 264 Å². The number of hydrogen-bond donors (Lipinski definition) is 0. The Bertz CT molecular complexity index is 2440. The molecule has 9 rings (SSSR count). The van der Waals surface area contributed by atoms with Crippen molar-refractivity contribution in [2.45, 2.75) is 0 Å². The second kappa shape index (κ2) is 10.6. The molecule has 5 aromatic carbocycles. The van der Waals surface area contributed by atoms with Crippen LogP contribution in [0.3, 0.4) is 0 Å². The van der Waals surface area contributed by atoms with Gasteiger partial charge in [0.15, 0.2) is 17.5 Å². The summed E-state index contributed by atoms with van der Waals surface area (Å²) in [5.74, 6) is 1.86. The lowest BCUT2D eigenvalue weighted by Gasteiger charge is -2.08. The van der Waals surface area contributed by atoms with Crippen molar-refractivity contribution < 1.29 is 4.42 Å². The molecule has 0 spiro atoms. The fraction of sp³-hybridized carbons (Fsp3) is 0. The van der Waals surface area contributed by atoms with Crippen LogP contribution in [0.1, 0.15) is 0 Å². The molecule has 0 fully saturated rings. The first kappa shape index (κ1) is 26.0. The zero-order valence-electron chi connectivity index (χ0n) is 24.6. The average molecular weight is 592 g/mol. The largest absolute Gasteiger partial charge is 0.456 e. The molecule has 9 aromatic rings. The van der Waals surface area contributed by atoms with Gasteiger partial charge in [-0.3, -0.25) is 0 Å². The van der Waals surface area contributed by atoms with E-state index in [1.54, 1.807) is 0 Å². The van der Waals surface area contributed by atoms with E-state index in [0.29, 0.717) is 17.5 Å². The minimum Gasteiger partial charge on any atom is -0.456 e. The molecule has 6 nitrogen and oxygen atoms in total. The Kier molecular flexibility index (Phi) is 6.03. The van der Waals surface area contributed by atoms with Crippen molar-refractivity contribution in [3.8, 4) is 56.5 Å². The fourth-order valence-corrected chi connectivity index (χ4v) is 5.97. The summed E-state index contributed by atoms with van der Waals surface area (Å²) in [5, 5.41) is 2.10. The minimum absolute atomic E-state index is 0.597. The summed E-state index contributed by atoms with van der Waals surface area (Å²) in [6, 6.07) is 47.1. The first-order valence-corrected chi connectivity index (χ1v) is 15.1. The molecule has 0 bridgehead atoms. The van der Waals surface area contributed by atoms with Crippen LogP contribution >= 0.6 is 0 Å². The van der Waals surface area contributed by atoms with Gasteiger partial charge >= 0.3 is 0 Å². The highest BCUT2D eigenvalue weighted by Gasteiger charge is 2.15. The Hall–Kier alpha value is -6.40. The second-order valence-electron chi connectivity index (χ2n) is 11.2. The maximum Gasteiger partial charge on any atom is 0.164 e. The lowest BCUT2D eigenvalue weighted by atomic mass is 10.00. The SMILES string of the molecule is c1ccc(-c2nc(-c3ccccc3)nc(-c3ccc4c(c3)oc3ccc(-c5cccc(-c6cn7ccccc7n6)c5)cc34)n2)cc1. The third-order valence-corrected chi connectivity index (χ3v) is 8.28. The molecule has 0 N–H and O–H groups in total. The lowest BCUT2D eigenvalue weighted by Crippen LogP contribution is -2.00. The highest BCUT2D eigenvalue weighted by molar-refractivity contribution is 6.07. The maximum atomic E-state index is 6.38. The number of rotatable bonds is 5. The van der Waals surface area contributed by atoms with Crippen LogP contribution < -0.4 is 0 Å². The number of pyridine rings is 1. The van der Waals surface area contributed by atoms with Gasteiger partial charge in [0.25, 0.3) is 0 Å². The molecule has 216 valence electrons. The Morgan fingerprint density at radius 1 is 0.413 bits per heavy atom. The zero-order valence-corrected chi connectivity index (χ0v) is 24.6. The molecule has 0 unspecified atom stereocenters. The van der Waals surface area contributed by atoms with Crippen LogP contribution in [0.25, 0.3) is 84.1 Å². The van der Waals surface area contributed by atoms with Gasteiger partial charge in [-0.2, -0.15) is 0 Å². The van der Waals surface area contributed by atoms with Crippen LogP contribution in [0, 0.1) is 0 Å². The highest BCUT2D eigenvalue weighted by atomic mass is 16.3. The van der Waals surface area contributed by atoms with Crippen LogP contribution in [-0.2, 0) is 0 Å². The molecule has 46 heavy (non-hydrogen) atoms. The van der Waals surface area contributed by atoms with Gasteiger partial charge in [-0.15, -0.1) is 0 Å². The third-order valence-electron chi connectivity index (χ3n) is 8.28. The fourth-order valence-electron chi connectivity index (χ4n) is 5.97. The van der Waals surface area contributed by atoms with Gasteiger partial charge in [0.05, 0.1) is 5.69 Å². The van der Waals surface area contributed by atoms with Gasteiger partial charge in [-0.25, -0.2) is 19.9 Å². The van der Waals surface area contributed by atoms with E-state index in [-0.39, 0.29) is 0 Å². The monoisotopic (exact) mass is 591 g/mol. The summed E-state index contributed by atoms with van der Waals surface area (Å²) < 4.78 is 8.42. The lowest BCUT2D eigenvalue weighted by molar-refractivity contribution is 0.669. The van der Waals surface area contributed by atoms with Gasteiger partial charge in [-0.05, 0) is 53.6 Å². The Balaban J connectivity index is 1.12. The van der Waals surface area contributed by atoms with Crippen LogP contribution in [-0.4, -0.2) is 24.3 Å². The van der Waals surface area contributed by atoms with E-state index in [9.17, 15) is 0 Å². The first-order chi connectivity index (χ1) is 22.7. The van der Waals surface area contributed by atoms with Crippen LogP contribution in [0.15, 0.2) is 156 Å². The standard InChI is InChI=1S/C40H25N5O/c1-3-10-26(11-4-1)38-42-39(27-12-5-2-6-13-27)44-40(43-38)31-17-19-32-33-23-29(18-20-35(33)46-36(32)24-31)28-14-9-15-30(22-28)34-25-45-21-8-7-16-37(45)41-34/h1-25H. The van der Waals surface area contributed by atoms with E-state index in [1.165, 1.54) is 0 Å². The summed E-state index contributed by atoms with van der Waals surface area (Å²) in [6.45, 7) is 0. The van der Waals surface area contributed by atoms with E-state index in [1.807, 2.05) is 102 Å². The normalized spacial score (nSPS) is 11.5. The first-order valence-electron chi connectivity index (χ1n) is 15.1. The summed E-state index contributed by atoms with van der Waals surface area (Å²) in [7, 11) is 0. The van der Waals surface area contributed by atoms with Crippen molar-refractivity contribution in [3.05, 3.63) is 152 Å². The van der Waals surface area contributed by atoms with Crippen molar-refractivity contribution in [2.75, 3.05) is 0 Å². The summed E-state index contributed by atoms with van der Waals surface area (Å²) in [6.07, 6.45) is 4.08. The molecule has 0 radical (unpaired) electrons. The van der Waals surface area contributed by atoms with E-state index in [0.717, 1.165) is 66.7 Å². The Morgan fingerprint density at radius 2 is 1.04 bits per heavy atom. The molecular weight excluding hydrogens is 566 g/mol. The van der Waals surface area contributed by atoms with Crippen molar-refractivity contribution in [1.29, 1.82) is 0 Å². The van der Waals surface area contributed by atoms with Crippen LogP contribution in [0.2, 0.25) is 0 Å². The molecule has 0 aliphatic carbocycles. The number of imidazole rings is 1. The van der Waals surface area contributed by atoms with E-state index in [2.05, 4.69) is 54.7 Å². The molecular formula is C40H25N5O. The van der Waals surface area contributed by atoms with E-state index < -0.39 is 0 Å². The topological polar surface area (TPSA) is 69.1 Å². The van der Waals surface area contributed by atoms with Gasteiger partial charge in [0, 0.05) is 45.4 Å². The van der Waals surface area contributed by atoms with Crippen molar-refractivity contribution in [1.82, 2.24) is 24.3 Å².